The smallest absolute Gasteiger partial charge is 0.232 e. The Labute approximate surface area is 161 Å². The average Bonchev–Trinajstić information content (AvgIpc) is 2.60. The minimum absolute atomic E-state index is 0.136. The Morgan fingerprint density at radius 3 is 2.23 bits per heavy atom. The van der Waals surface area contributed by atoms with Crippen molar-refractivity contribution < 1.29 is 9.53 Å². The first-order valence-corrected chi connectivity index (χ1v) is 10.3. The molecule has 1 aromatic carbocycles. The van der Waals surface area contributed by atoms with Crippen LogP contribution in [0.3, 0.4) is 0 Å². The second-order valence-electron chi connectivity index (χ2n) is 8.48. The Morgan fingerprint density at radius 2 is 1.69 bits per heavy atom. The maximum Gasteiger partial charge on any atom is 0.232 e. The van der Waals surface area contributed by atoms with Crippen LogP contribution in [0.1, 0.15) is 51.9 Å². The van der Waals surface area contributed by atoms with E-state index < -0.39 is 0 Å². The van der Waals surface area contributed by atoms with Gasteiger partial charge >= 0.3 is 0 Å². The number of benzene rings is 1. The first-order valence-electron chi connectivity index (χ1n) is 9.91. The number of thiocarbonyl (C=S) groups is 1. The molecule has 5 rings (SSSR count). The predicted molar refractivity (Wildman–Crippen MR) is 107 cm³/mol. The van der Waals surface area contributed by atoms with Crippen LogP contribution in [0.4, 0.5) is 5.69 Å². The lowest BCUT2D eigenvalue weighted by molar-refractivity contribution is -0.144. The van der Waals surface area contributed by atoms with Crippen LogP contribution >= 0.6 is 12.2 Å². The minimum Gasteiger partial charge on any atom is -0.494 e. The second-order valence-corrected chi connectivity index (χ2v) is 8.89. The van der Waals surface area contributed by atoms with Crippen LogP contribution in [-0.4, -0.2) is 17.6 Å². The molecule has 0 heterocycles. The fourth-order valence-electron chi connectivity index (χ4n) is 5.64. The number of nitrogens with one attached hydrogen (secondary N) is 2. The van der Waals surface area contributed by atoms with Gasteiger partial charge in [-0.2, -0.15) is 0 Å². The highest BCUT2D eigenvalue weighted by molar-refractivity contribution is 7.80. The van der Waals surface area contributed by atoms with E-state index >= 15 is 0 Å². The molecule has 4 fully saturated rings. The van der Waals surface area contributed by atoms with Gasteiger partial charge in [-0.3, -0.25) is 4.79 Å². The summed E-state index contributed by atoms with van der Waals surface area (Å²) in [5, 5.41) is 6.51. The first kappa shape index (κ1) is 17.8. The molecular formula is C21H28N2O2S. The summed E-state index contributed by atoms with van der Waals surface area (Å²) in [5.41, 5.74) is 0.697. The maximum absolute atomic E-state index is 13.0. The van der Waals surface area contributed by atoms with E-state index in [1.807, 2.05) is 24.3 Å². The number of rotatable bonds is 5. The number of anilines is 1. The van der Waals surface area contributed by atoms with E-state index in [0.29, 0.717) is 11.7 Å². The summed E-state index contributed by atoms with van der Waals surface area (Å²) in [5.74, 6) is 3.25. The molecule has 1 amide bonds. The molecule has 0 saturated heterocycles. The predicted octanol–water partition coefficient (Wildman–Crippen LogP) is 4.50. The largest absolute Gasteiger partial charge is 0.494 e. The van der Waals surface area contributed by atoms with Gasteiger partial charge in [-0.25, -0.2) is 0 Å². The van der Waals surface area contributed by atoms with Gasteiger partial charge < -0.3 is 15.4 Å². The second kappa shape index (κ2) is 7.18. The SMILES string of the molecule is CCCOc1ccc(NC(=S)NC(=O)C23CC4CC(CC(C4)C2)C3)cc1. The van der Waals surface area contributed by atoms with Gasteiger partial charge in [0.05, 0.1) is 12.0 Å². The van der Waals surface area contributed by atoms with Gasteiger partial charge in [-0.1, -0.05) is 6.92 Å². The van der Waals surface area contributed by atoms with E-state index in [4.69, 9.17) is 17.0 Å². The summed E-state index contributed by atoms with van der Waals surface area (Å²) >= 11 is 5.40. The van der Waals surface area contributed by atoms with Crippen LogP contribution in [0, 0.1) is 23.2 Å². The summed E-state index contributed by atoms with van der Waals surface area (Å²) in [6.07, 6.45) is 8.15. The van der Waals surface area contributed by atoms with Crippen LogP contribution in [0.25, 0.3) is 0 Å². The molecule has 2 N–H and O–H groups in total. The Morgan fingerprint density at radius 1 is 1.12 bits per heavy atom. The zero-order valence-electron chi connectivity index (χ0n) is 15.4. The van der Waals surface area contributed by atoms with Gasteiger partial charge in [-0.15, -0.1) is 0 Å². The Balaban J connectivity index is 1.34. The van der Waals surface area contributed by atoms with Crippen molar-refractivity contribution >= 4 is 28.9 Å². The van der Waals surface area contributed by atoms with E-state index in [-0.39, 0.29) is 11.3 Å². The standard InChI is InChI=1S/C21H28N2O2S/c1-2-7-25-18-5-3-17(4-6-18)22-20(26)23-19(24)21-11-14-8-15(12-21)10-16(9-14)13-21/h3-6,14-16H,2,7-13H2,1H3,(H2,22,23,24,26). The van der Waals surface area contributed by atoms with Crippen molar-refractivity contribution in [3.05, 3.63) is 24.3 Å². The molecule has 1 aromatic rings. The minimum atomic E-state index is -0.168. The van der Waals surface area contributed by atoms with E-state index in [0.717, 1.165) is 54.9 Å². The highest BCUT2D eigenvalue weighted by Gasteiger charge is 2.54. The van der Waals surface area contributed by atoms with Crippen molar-refractivity contribution in [2.24, 2.45) is 23.2 Å². The van der Waals surface area contributed by atoms with Crippen molar-refractivity contribution in [3.8, 4) is 5.75 Å². The quantitative estimate of drug-likeness (QED) is 0.747. The first-order chi connectivity index (χ1) is 12.6. The van der Waals surface area contributed by atoms with Gasteiger partial charge in [0, 0.05) is 5.69 Å². The molecule has 0 aliphatic heterocycles. The molecule has 0 atom stereocenters. The van der Waals surface area contributed by atoms with Crippen molar-refractivity contribution in [1.82, 2.24) is 5.32 Å². The Kier molecular flexibility index (Phi) is 4.91. The van der Waals surface area contributed by atoms with Gasteiger partial charge in [0.15, 0.2) is 5.11 Å². The third-order valence-corrected chi connectivity index (χ3v) is 6.54. The number of ether oxygens (including phenoxy) is 1. The van der Waals surface area contributed by atoms with Crippen LogP contribution in [-0.2, 0) is 4.79 Å². The lowest BCUT2D eigenvalue weighted by Crippen LogP contribution is -2.55. The third-order valence-electron chi connectivity index (χ3n) is 6.33. The van der Waals surface area contributed by atoms with E-state index in [9.17, 15) is 4.79 Å². The lowest BCUT2D eigenvalue weighted by atomic mass is 9.49. The molecule has 0 unspecified atom stereocenters. The van der Waals surface area contributed by atoms with E-state index in [1.54, 1.807) is 0 Å². The van der Waals surface area contributed by atoms with Gasteiger partial charge in [0.2, 0.25) is 5.91 Å². The van der Waals surface area contributed by atoms with Crippen molar-refractivity contribution in [2.45, 2.75) is 51.9 Å². The maximum atomic E-state index is 13.0. The monoisotopic (exact) mass is 372 g/mol. The molecule has 4 aliphatic rings. The molecule has 5 heteroatoms. The fourth-order valence-corrected chi connectivity index (χ4v) is 5.85. The van der Waals surface area contributed by atoms with E-state index in [2.05, 4.69) is 17.6 Å². The number of carbonyl (C=O) groups is 1. The summed E-state index contributed by atoms with van der Waals surface area (Å²) in [4.78, 5) is 13.0. The van der Waals surface area contributed by atoms with Crippen LogP contribution in [0.2, 0.25) is 0 Å². The summed E-state index contributed by atoms with van der Waals surface area (Å²) < 4.78 is 5.59. The van der Waals surface area contributed by atoms with Crippen molar-refractivity contribution in [2.75, 3.05) is 11.9 Å². The molecule has 4 nitrogen and oxygen atoms in total. The van der Waals surface area contributed by atoms with Gasteiger partial charge in [-0.05, 0) is 99.2 Å². The molecule has 4 aliphatic carbocycles. The van der Waals surface area contributed by atoms with E-state index in [1.165, 1.54) is 19.3 Å². The zero-order chi connectivity index (χ0) is 18.1. The average molecular weight is 373 g/mol. The number of carbonyl (C=O) groups excluding carboxylic acids is 1. The molecule has 0 spiro atoms. The lowest BCUT2D eigenvalue weighted by Gasteiger charge is -2.55. The normalized spacial score (nSPS) is 31.5. The molecule has 140 valence electrons. The fraction of sp³-hybridized carbons (Fsp3) is 0.619. The number of hydrogen-bond acceptors (Lipinski definition) is 3. The van der Waals surface area contributed by atoms with Crippen LogP contribution in [0.15, 0.2) is 24.3 Å². The van der Waals surface area contributed by atoms with Crippen molar-refractivity contribution in [1.29, 1.82) is 0 Å². The third kappa shape index (κ3) is 3.59. The molecular weight excluding hydrogens is 344 g/mol. The van der Waals surface area contributed by atoms with Gasteiger partial charge in [0.25, 0.3) is 0 Å². The highest BCUT2D eigenvalue weighted by Crippen LogP contribution is 2.60. The topological polar surface area (TPSA) is 50.4 Å². The molecule has 4 saturated carbocycles. The zero-order valence-corrected chi connectivity index (χ0v) is 16.2. The summed E-state index contributed by atoms with van der Waals surface area (Å²) in [6.45, 7) is 2.80. The van der Waals surface area contributed by atoms with Crippen molar-refractivity contribution in [3.63, 3.8) is 0 Å². The van der Waals surface area contributed by atoms with Crippen LogP contribution in [0.5, 0.6) is 5.75 Å². The molecule has 26 heavy (non-hydrogen) atoms. The highest BCUT2D eigenvalue weighted by atomic mass is 32.1. The summed E-state index contributed by atoms with van der Waals surface area (Å²) in [7, 11) is 0. The molecule has 0 aromatic heterocycles. The number of hydrogen-bond donors (Lipinski definition) is 2. The Hall–Kier alpha value is -1.62. The molecule has 4 bridgehead atoms. The number of amides is 1. The Bertz CT molecular complexity index is 650. The van der Waals surface area contributed by atoms with Gasteiger partial charge in [0.1, 0.15) is 5.75 Å². The molecule has 0 radical (unpaired) electrons. The summed E-state index contributed by atoms with van der Waals surface area (Å²) in [6, 6.07) is 7.69. The van der Waals surface area contributed by atoms with Crippen LogP contribution < -0.4 is 15.4 Å².